The van der Waals surface area contributed by atoms with E-state index in [1.807, 2.05) is 85.9 Å². The Balaban J connectivity index is 1.11. The lowest BCUT2D eigenvalue weighted by molar-refractivity contribution is -0.155. The molecule has 1 heterocycles. The summed E-state index contributed by atoms with van der Waals surface area (Å²) in [5, 5.41) is 5.49. The molecule has 3 atom stereocenters. The van der Waals surface area contributed by atoms with E-state index in [9.17, 15) is 24.0 Å². The average molecular weight is 960 g/mol. The van der Waals surface area contributed by atoms with E-state index < -0.39 is 49.8 Å². The van der Waals surface area contributed by atoms with Crippen LogP contribution in [0.25, 0.3) is 16.7 Å². The molecule has 4 N–H and O–H groups in total. The van der Waals surface area contributed by atoms with Gasteiger partial charge in [-0.25, -0.2) is 15.0 Å². The molecule has 368 valence electrons. The summed E-state index contributed by atoms with van der Waals surface area (Å²) in [7, 11) is -0.684. The number of hydrogen-bond acceptors (Lipinski definition) is 11. The molecular weight excluding hydrogens is 891 g/mol. The van der Waals surface area contributed by atoms with Gasteiger partial charge in [0.1, 0.15) is 30.0 Å². The number of esters is 1. The lowest BCUT2D eigenvalue weighted by Crippen LogP contribution is -2.53. The fourth-order valence-corrected chi connectivity index (χ4v) is 9.17. The molecule has 15 heteroatoms. The van der Waals surface area contributed by atoms with Crippen molar-refractivity contribution in [1.29, 1.82) is 0 Å². The van der Waals surface area contributed by atoms with E-state index >= 15 is 0 Å². The molecule has 69 heavy (non-hydrogen) atoms. The molecule has 0 bridgehead atoms. The lowest BCUT2D eigenvalue weighted by atomic mass is 9.97. The molecule has 4 aromatic carbocycles. The first-order valence-electron chi connectivity index (χ1n) is 23.6. The van der Waals surface area contributed by atoms with Crippen molar-refractivity contribution < 1.29 is 42.6 Å². The fourth-order valence-electron chi connectivity index (χ4n) is 8.13. The van der Waals surface area contributed by atoms with Gasteiger partial charge in [0, 0.05) is 17.8 Å². The summed E-state index contributed by atoms with van der Waals surface area (Å²) in [6.45, 7) is 23.5. The van der Waals surface area contributed by atoms with Crippen molar-refractivity contribution >= 4 is 54.9 Å². The van der Waals surface area contributed by atoms with Crippen LogP contribution >= 0.6 is 0 Å². The number of ketones is 1. The topological polar surface area (TPSA) is 174 Å². The number of carbonyl (C=O) groups excluding carboxylic acids is 5. The Morgan fingerprint density at radius 3 is 2.00 bits per heavy atom. The summed E-state index contributed by atoms with van der Waals surface area (Å²) >= 11 is 0. The minimum absolute atomic E-state index is 0.00308. The molecule has 0 saturated heterocycles. The second kappa shape index (κ2) is 21.1. The number of nitrogens with zero attached hydrogens (tertiary/aromatic N) is 1. The number of nitrogens with one attached hydrogen (secondary N) is 4. The predicted molar refractivity (Wildman–Crippen MR) is 272 cm³/mol. The quantitative estimate of drug-likeness (QED) is 0.0343. The molecular formula is C54H69N5O9Si. The SMILES string of the molecule is COc1cc(C(=O)N2C=C(c3ccc(NN[C@@H](C)C(=O)NC(C(=O)C(=O)OCC4c5ccccc5-c5ccccc54)C(C)C)cc3)C[C@H]2CO[Si](C)(C)C(C)(C)C)c(NC(=O)OC(C)(C)C)cc1C. The standard InChI is InChI=1S/C54H69N5O9Si/c1-32(2)47(48(60)51(63)66-31-44-41-20-16-14-18-39(41)40-19-15-17-21-42(40)44)56-49(61)34(4)57-58-37-24-22-35(23-25-37)36-27-38(30-67-69(12,13)54(8,9)10)59(29-36)50(62)43-28-46(65-11)33(3)26-45(43)55-52(64)68-53(5,6)7/h14-26,28-29,32,34,38,44,47,57-58H,27,30-31H2,1-13H3,(H,55,64)(H,56,61)/t34-,38-,47?/m0/s1. The molecule has 14 nitrogen and oxygen atoms in total. The van der Waals surface area contributed by atoms with Crippen molar-refractivity contribution in [3.63, 3.8) is 0 Å². The first-order chi connectivity index (χ1) is 32.4. The largest absolute Gasteiger partial charge is 0.496 e. The molecule has 3 amide bonds. The van der Waals surface area contributed by atoms with Gasteiger partial charge in [-0.15, -0.1) is 0 Å². The maximum atomic E-state index is 14.7. The summed E-state index contributed by atoms with van der Waals surface area (Å²) in [5.74, 6) is -2.74. The van der Waals surface area contributed by atoms with Gasteiger partial charge in [0.15, 0.2) is 8.32 Å². The molecule has 1 unspecified atom stereocenters. The first-order valence-corrected chi connectivity index (χ1v) is 26.5. The Kier molecular flexibility index (Phi) is 16.0. The fraction of sp³-hybridized carbons (Fsp3) is 0.426. The van der Waals surface area contributed by atoms with Gasteiger partial charge in [-0.05, 0) is 128 Å². The van der Waals surface area contributed by atoms with Crippen molar-refractivity contribution in [2.75, 3.05) is 31.1 Å². The third kappa shape index (κ3) is 12.3. The first kappa shape index (κ1) is 52.1. The van der Waals surface area contributed by atoms with Gasteiger partial charge in [-0.1, -0.05) is 95.3 Å². The number of rotatable bonds is 17. The van der Waals surface area contributed by atoms with Crippen molar-refractivity contribution in [2.24, 2.45) is 5.92 Å². The highest BCUT2D eigenvalue weighted by Gasteiger charge is 2.40. The predicted octanol–water partition coefficient (Wildman–Crippen LogP) is 10.00. The normalized spacial score (nSPS) is 15.7. The highest BCUT2D eigenvalue weighted by Crippen LogP contribution is 2.45. The number of methoxy groups -OCH3 is 1. The zero-order valence-electron chi connectivity index (χ0n) is 42.3. The number of fused-ring (bicyclic) bond motifs is 3. The van der Waals surface area contributed by atoms with Gasteiger partial charge >= 0.3 is 12.1 Å². The minimum atomic E-state index is -2.22. The number of aryl methyl sites for hydroxylation is 1. The van der Waals surface area contributed by atoms with Crippen LogP contribution in [0.15, 0.2) is 91.1 Å². The molecule has 4 aromatic rings. The summed E-state index contributed by atoms with van der Waals surface area (Å²) < 4.78 is 23.5. The van der Waals surface area contributed by atoms with Crippen LogP contribution in [-0.2, 0) is 28.3 Å². The number of hydrogen-bond donors (Lipinski definition) is 4. The number of benzene rings is 4. The van der Waals surface area contributed by atoms with E-state index in [0.29, 0.717) is 30.2 Å². The van der Waals surface area contributed by atoms with E-state index in [4.69, 9.17) is 18.6 Å². The molecule has 0 aromatic heterocycles. The van der Waals surface area contributed by atoms with Gasteiger partial charge in [0.2, 0.25) is 5.91 Å². The van der Waals surface area contributed by atoms with Crippen LogP contribution in [0.4, 0.5) is 16.2 Å². The Bertz CT molecular complexity index is 2550. The van der Waals surface area contributed by atoms with Crippen molar-refractivity contribution in [3.8, 4) is 16.9 Å². The highest BCUT2D eigenvalue weighted by atomic mass is 28.4. The van der Waals surface area contributed by atoms with E-state index in [1.54, 1.807) is 58.6 Å². The number of anilines is 2. The molecule has 0 fully saturated rings. The van der Waals surface area contributed by atoms with Gasteiger partial charge in [-0.2, -0.15) is 0 Å². The van der Waals surface area contributed by atoms with Crippen molar-refractivity contribution in [2.45, 2.75) is 123 Å². The summed E-state index contributed by atoms with van der Waals surface area (Å²) in [6, 6.07) is 24.6. The van der Waals surface area contributed by atoms with Crippen molar-refractivity contribution in [1.82, 2.24) is 15.6 Å². The maximum Gasteiger partial charge on any atom is 0.412 e. The summed E-state index contributed by atoms with van der Waals surface area (Å²) in [5.41, 5.74) is 13.3. The third-order valence-corrected chi connectivity index (χ3v) is 17.6. The number of hydrazine groups is 1. The lowest BCUT2D eigenvalue weighted by Gasteiger charge is -2.38. The second-order valence-corrected chi connectivity index (χ2v) is 25.6. The molecule has 1 aliphatic heterocycles. The number of amides is 3. The van der Waals surface area contributed by atoms with Gasteiger partial charge in [0.05, 0.1) is 31.0 Å². The molecule has 1 aliphatic carbocycles. The zero-order valence-corrected chi connectivity index (χ0v) is 43.3. The van der Waals surface area contributed by atoms with Crippen molar-refractivity contribution in [3.05, 3.63) is 119 Å². The Hall–Kier alpha value is -6.29. The van der Waals surface area contributed by atoms with Crippen LogP contribution in [0, 0.1) is 12.8 Å². The van der Waals surface area contributed by atoms with E-state index in [1.165, 1.54) is 7.11 Å². The Labute approximate surface area is 408 Å². The van der Waals surface area contributed by atoms with E-state index in [2.05, 4.69) is 55.4 Å². The van der Waals surface area contributed by atoms with Crippen LogP contribution in [0.3, 0.4) is 0 Å². The minimum Gasteiger partial charge on any atom is -0.496 e. The van der Waals surface area contributed by atoms with Crippen LogP contribution in [0.5, 0.6) is 5.75 Å². The monoisotopic (exact) mass is 959 g/mol. The summed E-state index contributed by atoms with van der Waals surface area (Å²) in [4.78, 5) is 69.5. The number of carbonyl (C=O) groups is 5. The van der Waals surface area contributed by atoms with Crippen LogP contribution < -0.4 is 26.2 Å². The Morgan fingerprint density at radius 1 is 0.826 bits per heavy atom. The third-order valence-electron chi connectivity index (χ3n) is 13.1. The highest BCUT2D eigenvalue weighted by molar-refractivity contribution is 6.74. The smallest absolute Gasteiger partial charge is 0.412 e. The van der Waals surface area contributed by atoms with Crippen LogP contribution in [-0.4, -0.2) is 86.9 Å². The van der Waals surface area contributed by atoms with E-state index in [0.717, 1.165) is 39.0 Å². The molecule has 0 spiro atoms. The van der Waals surface area contributed by atoms with Gasteiger partial charge < -0.3 is 34.3 Å². The van der Waals surface area contributed by atoms with Crippen LogP contribution in [0.2, 0.25) is 18.1 Å². The molecule has 2 aliphatic rings. The average Bonchev–Trinajstić information content (AvgIpc) is 3.86. The number of ether oxygens (including phenoxy) is 3. The van der Waals surface area contributed by atoms with E-state index in [-0.39, 0.29) is 41.0 Å². The van der Waals surface area contributed by atoms with Gasteiger partial charge in [0.25, 0.3) is 11.7 Å². The molecule has 6 rings (SSSR count). The zero-order chi connectivity index (χ0) is 50.6. The number of Topliss-reactive ketones (excluding diaryl/α,β-unsaturated/α-hetero) is 1. The summed E-state index contributed by atoms with van der Waals surface area (Å²) in [6.07, 6.45) is 1.66. The Morgan fingerprint density at radius 2 is 1.43 bits per heavy atom. The van der Waals surface area contributed by atoms with Gasteiger partial charge in [-0.3, -0.25) is 19.7 Å². The molecule has 0 radical (unpaired) electrons. The molecule has 0 saturated carbocycles. The second-order valence-electron chi connectivity index (χ2n) is 20.8. The van der Waals surface area contributed by atoms with Crippen LogP contribution in [0.1, 0.15) is 107 Å². The maximum absolute atomic E-state index is 14.7.